The van der Waals surface area contributed by atoms with Crippen LogP contribution >= 0.6 is 23.2 Å². The van der Waals surface area contributed by atoms with E-state index in [0.29, 0.717) is 16.0 Å². The fraction of sp³-hybridized carbons (Fsp3) is 0.533. The fourth-order valence-electron chi connectivity index (χ4n) is 2.49. The van der Waals surface area contributed by atoms with Gasteiger partial charge in [-0.25, -0.2) is 0 Å². The van der Waals surface area contributed by atoms with Gasteiger partial charge in [0.25, 0.3) is 0 Å². The van der Waals surface area contributed by atoms with Crippen molar-refractivity contribution in [1.82, 2.24) is 10.6 Å². The van der Waals surface area contributed by atoms with Crippen LogP contribution in [0.5, 0.6) is 0 Å². The van der Waals surface area contributed by atoms with Crippen molar-refractivity contribution in [3.63, 3.8) is 0 Å². The highest BCUT2D eigenvalue weighted by atomic mass is 35.5. The average Bonchev–Trinajstić information content (AvgIpc) is 2.41. The van der Waals surface area contributed by atoms with Crippen molar-refractivity contribution in [2.75, 3.05) is 6.54 Å². The van der Waals surface area contributed by atoms with Gasteiger partial charge in [0.1, 0.15) is 0 Å². The first kappa shape index (κ1) is 15.6. The lowest BCUT2D eigenvalue weighted by Crippen LogP contribution is -2.48. The molecule has 20 heavy (non-hydrogen) atoms. The van der Waals surface area contributed by atoms with Crippen LogP contribution in [0.4, 0.5) is 0 Å². The van der Waals surface area contributed by atoms with Crippen molar-refractivity contribution in [2.24, 2.45) is 5.92 Å². The summed E-state index contributed by atoms with van der Waals surface area (Å²) in [6, 6.07) is 5.25. The molecule has 1 saturated heterocycles. The monoisotopic (exact) mass is 314 g/mol. The van der Waals surface area contributed by atoms with Crippen LogP contribution in [0.25, 0.3) is 0 Å². The van der Waals surface area contributed by atoms with Gasteiger partial charge in [-0.2, -0.15) is 0 Å². The van der Waals surface area contributed by atoms with Crippen LogP contribution in [-0.2, 0) is 4.79 Å². The van der Waals surface area contributed by atoms with Gasteiger partial charge in [-0.3, -0.25) is 4.79 Å². The molecule has 1 aromatic rings. The topological polar surface area (TPSA) is 41.1 Å². The second-order valence-electron chi connectivity index (χ2n) is 5.54. The molecule has 0 spiro atoms. The number of rotatable bonds is 3. The van der Waals surface area contributed by atoms with E-state index in [-0.39, 0.29) is 18.0 Å². The maximum Gasteiger partial charge on any atom is 0.237 e. The van der Waals surface area contributed by atoms with E-state index in [9.17, 15) is 4.79 Å². The Labute approximate surface area is 130 Å². The summed E-state index contributed by atoms with van der Waals surface area (Å²) < 4.78 is 0. The van der Waals surface area contributed by atoms with Crippen LogP contribution in [0, 0.1) is 5.92 Å². The van der Waals surface area contributed by atoms with E-state index >= 15 is 0 Å². The molecule has 5 heteroatoms. The van der Waals surface area contributed by atoms with E-state index in [1.807, 2.05) is 13.0 Å². The van der Waals surface area contributed by atoms with Gasteiger partial charge < -0.3 is 10.6 Å². The molecule has 0 bridgehead atoms. The summed E-state index contributed by atoms with van der Waals surface area (Å²) in [5.74, 6) is 0.641. The third-order valence-corrected chi connectivity index (χ3v) is 4.52. The van der Waals surface area contributed by atoms with Gasteiger partial charge in [0, 0.05) is 0 Å². The molecule has 2 N–H and O–H groups in total. The van der Waals surface area contributed by atoms with Crippen LogP contribution < -0.4 is 10.6 Å². The van der Waals surface area contributed by atoms with Crippen LogP contribution in [0.2, 0.25) is 10.0 Å². The fourth-order valence-corrected chi connectivity index (χ4v) is 2.79. The molecule has 2 rings (SSSR count). The number of piperidine rings is 1. The van der Waals surface area contributed by atoms with Gasteiger partial charge in [0.2, 0.25) is 5.91 Å². The highest BCUT2D eigenvalue weighted by molar-refractivity contribution is 6.42. The second kappa shape index (κ2) is 6.79. The van der Waals surface area contributed by atoms with Crippen LogP contribution in [0.3, 0.4) is 0 Å². The minimum absolute atomic E-state index is 0.0510. The summed E-state index contributed by atoms with van der Waals surface area (Å²) in [6.45, 7) is 5.04. The summed E-state index contributed by atoms with van der Waals surface area (Å²) in [5, 5.41) is 7.33. The Bertz CT molecular complexity index is 493. The maximum atomic E-state index is 12.2. The van der Waals surface area contributed by atoms with Crippen molar-refractivity contribution >= 4 is 29.1 Å². The highest BCUT2D eigenvalue weighted by Crippen LogP contribution is 2.25. The number of hydrogen-bond acceptors (Lipinski definition) is 2. The first-order valence-corrected chi connectivity index (χ1v) is 7.71. The Morgan fingerprint density at radius 3 is 2.80 bits per heavy atom. The first-order chi connectivity index (χ1) is 9.47. The number of benzene rings is 1. The maximum absolute atomic E-state index is 12.2. The standard InChI is InChI=1S/C15H20Cl2N2O/c1-9-5-6-18-14(7-9)15(20)19-10(2)11-3-4-12(16)13(17)8-11/h3-4,8-10,14,18H,5-7H2,1-2H3,(H,19,20). The van der Waals surface area contributed by atoms with E-state index in [1.165, 1.54) is 0 Å². The minimum atomic E-state index is -0.0935. The highest BCUT2D eigenvalue weighted by Gasteiger charge is 2.25. The zero-order chi connectivity index (χ0) is 14.7. The Kier molecular flexibility index (Phi) is 5.30. The third kappa shape index (κ3) is 3.87. The molecule has 1 amide bonds. The third-order valence-electron chi connectivity index (χ3n) is 3.78. The predicted molar refractivity (Wildman–Crippen MR) is 83.2 cm³/mol. The number of hydrogen-bond donors (Lipinski definition) is 2. The number of halogens is 2. The van der Waals surface area contributed by atoms with E-state index < -0.39 is 0 Å². The van der Waals surface area contributed by atoms with E-state index in [0.717, 1.165) is 24.9 Å². The molecule has 1 aliphatic heterocycles. The Hall–Kier alpha value is -0.770. The lowest BCUT2D eigenvalue weighted by atomic mass is 9.93. The van der Waals surface area contributed by atoms with Crippen molar-refractivity contribution < 1.29 is 4.79 Å². The Balaban J connectivity index is 1.97. The Morgan fingerprint density at radius 1 is 1.40 bits per heavy atom. The number of nitrogens with one attached hydrogen (secondary N) is 2. The van der Waals surface area contributed by atoms with Crippen LogP contribution in [-0.4, -0.2) is 18.5 Å². The molecule has 1 fully saturated rings. The molecule has 110 valence electrons. The molecule has 3 atom stereocenters. The summed E-state index contributed by atoms with van der Waals surface area (Å²) in [4.78, 5) is 12.2. The smallest absolute Gasteiger partial charge is 0.237 e. The van der Waals surface area contributed by atoms with Gasteiger partial charge in [0.05, 0.1) is 22.1 Å². The van der Waals surface area contributed by atoms with Gasteiger partial charge in [0.15, 0.2) is 0 Å². The summed E-state index contributed by atoms with van der Waals surface area (Å²) in [5.41, 5.74) is 0.955. The lowest BCUT2D eigenvalue weighted by molar-refractivity contribution is -0.124. The summed E-state index contributed by atoms with van der Waals surface area (Å²) >= 11 is 11.9. The van der Waals surface area contributed by atoms with Crippen LogP contribution in [0.1, 0.15) is 38.3 Å². The molecular weight excluding hydrogens is 295 g/mol. The molecule has 1 aliphatic rings. The molecule has 0 aliphatic carbocycles. The van der Waals surface area contributed by atoms with Gasteiger partial charge in [-0.05, 0) is 49.9 Å². The summed E-state index contributed by atoms with van der Waals surface area (Å²) in [6.07, 6.45) is 2.02. The van der Waals surface area contributed by atoms with Crippen LogP contribution in [0.15, 0.2) is 18.2 Å². The van der Waals surface area contributed by atoms with Gasteiger partial charge in [-0.15, -0.1) is 0 Å². The molecule has 1 heterocycles. The number of carbonyl (C=O) groups is 1. The molecule has 3 nitrogen and oxygen atoms in total. The van der Waals surface area contributed by atoms with E-state index in [2.05, 4.69) is 17.6 Å². The zero-order valence-corrected chi connectivity index (χ0v) is 13.3. The molecule has 0 radical (unpaired) electrons. The van der Waals surface area contributed by atoms with Crippen molar-refractivity contribution in [3.8, 4) is 0 Å². The number of amides is 1. The van der Waals surface area contributed by atoms with Gasteiger partial charge in [-0.1, -0.05) is 36.2 Å². The van der Waals surface area contributed by atoms with Crippen molar-refractivity contribution in [1.29, 1.82) is 0 Å². The largest absolute Gasteiger partial charge is 0.348 e. The molecule has 0 aromatic heterocycles. The SMILES string of the molecule is CC1CCNC(C(=O)NC(C)c2ccc(Cl)c(Cl)c2)C1. The average molecular weight is 315 g/mol. The quantitative estimate of drug-likeness (QED) is 0.895. The minimum Gasteiger partial charge on any atom is -0.348 e. The molecule has 0 saturated carbocycles. The van der Waals surface area contributed by atoms with E-state index in [4.69, 9.17) is 23.2 Å². The van der Waals surface area contributed by atoms with Crippen molar-refractivity contribution in [2.45, 2.75) is 38.8 Å². The molecular formula is C15H20Cl2N2O. The van der Waals surface area contributed by atoms with Gasteiger partial charge >= 0.3 is 0 Å². The second-order valence-corrected chi connectivity index (χ2v) is 6.35. The zero-order valence-electron chi connectivity index (χ0n) is 11.7. The first-order valence-electron chi connectivity index (χ1n) is 6.96. The van der Waals surface area contributed by atoms with Crippen molar-refractivity contribution in [3.05, 3.63) is 33.8 Å². The number of carbonyl (C=O) groups excluding carboxylic acids is 1. The summed E-state index contributed by atoms with van der Waals surface area (Å²) in [7, 11) is 0. The normalized spacial score (nSPS) is 24.2. The lowest BCUT2D eigenvalue weighted by Gasteiger charge is -2.28. The van der Waals surface area contributed by atoms with E-state index in [1.54, 1.807) is 12.1 Å². The molecule has 3 unspecified atom stereocenters. The predicted octanol–water partition coefficient (Wildman–Crippen LogP) is 3.56. The molecule has 1 aromatic carbocycles. The Morgan fingerprint density at radius 2 is 2.15 bits per heavy atom.